The minimum atomic E-state index is -2.53. The maximum absolute atomic E-state index is 14.0. The van der Waals surface area contributed by atoms with Gasteiger partial charge in [0.2, 0.25) is 5.92 Å². The summed E-state index contributed by atoms with van der Waals surface area (Å²) in [7, 11) is 2.08. The quantitative estimate of drug-likeness (QED) is 0.171. The number of anilines is 2. The van der Waals surface area contributed by atoms with Gasteiger partial charge in [-0.05, 0) is 45.7 Å². The van der Waals surface area contributed by atoms with E-state index in [1.165, 1.54) is 4.90 Å². The highest BCUT2D eigenvalue weighted by molar-refractivity contribution is 8.09. The van der Waals surface area contributed by atoms with Crippen LogP contribution in [0.5, 0.6) is 6.01 Å². The number of hydrogen-bond acceptors (Lipinski definition) is 11. The SMILES string of the molecule is C=C(F)C(=O)N1CCN(c2nc(OCC3S[C@]3(C)N(C)C3S[C@@]3(C)C3CC(F)(F)C3)nc3c2CCN(c2cncc4cccc(C)c24)C3)C[C@@H]1CC#N. The van der Waals surface area contributed by atoms with Crippen molar-refractivity contribution in [2.75, 3.05) is 49.6 Å². The lowest BCUT2D eigenvalue weighted by Gasteiger charge is -2.42. The van der Waals surface area contributed by atoms with E-state index < -0.39 is 23.7 Å². The summed E-state index contributed by atoms with van der Waals surface area (Å²) < 4.78 is 47.6. The number of ether oxygens (including phenoxy) is 1. The number of carbonyl (C=O) groups excluding carboxylic acids is 1. The first kappa shape index (κ1) is 36.2. The molecule has 10 nitrogen and oxygen atoms in total. The van der Waals surface area contributed by atoms with Gasteiger partial charge in [-0.15, -0.1) is 23.5 Å². The summed E-state index contributed by atoms with van der Waals surface area (Å²) in [5.41, 5.74) is 4.02. The Morgan fingerprint density at radius 2 is 1.94 bits per heavy atom. The standard InChI is InChI=1S/C38H43F3N8O2S2/c1-22-7-6-8-24-17-43-18-29(31(22)24)47-12-10-27-28(20-47)44-35(45-32(27)48-13-14-49(33(50)23(2)39)26(19-48)9-11-42)51-21-30-37(4,52-30)46(5)34-36(3,53-34)25-15-38(40,41)16-25/h6-8,17-18,25-26,30,34H,2,9-10,12-16,19-21H2,1,3-5H3/t26-,30?,34?,36-,37-/m0/s1. The molecule has 0 N–H and O–H groups in total. The number of halogens is 3. The first-order valence-corrected chi connectivity index (χ1v) is 19.8. The normalized spacial score (nSPS) is 29.0. The Kier molecular flexibility index (Phi) is 9.05. The summed E-state index contributed by atoms with van der Waals surface area (Å²) in [6.45, 7) is 12.1. The Morgan fingerprint density at radius 1 is 1.15 bits per heavy atom. The van der Waals surface area contributed by atoms with Gasteiger partial charge in [-0.1, -0.05) is 24.8 Å². The Morgan fingerprint density at radius 3 is 2.68 bits per heavy atom. The number of hydrogen-bond donors (Lipinski definition) is 0. The van der Waals surface area contributed by atoms with Crippen LogP contribution in [0.25, 0.3) is 10.8 Å². The maximum atomic E-state index is 14.0. The van der Waals surface area contributed by atoms with E-state index in [4.69, 9.17) is 14.7 Å². The molecule has 1 amide bonds. The lowest BCUT2D eigenvalue weighted by atomic mass is 9.73. The first-order valence-electron chi connectivity index (χ1n) is 18.1. The summed E-state index contributed by atoms with van der Waals surface area (Å²) in [4.78, 5) is 35.0. The molecule has 1 aliphatic carbocycles. The number of fused-ring (bicyclic) bond motifs is 2. The van der Waals surface area contributed by atoms with Crippen LogP contribution < -0.4 is 14.5 Å². The van der Waals surface area contributed by atoms with E-state index in [2.05, 4.69) is 72.3 Å². The molecule has 53 heavy (non-hydrogen) atoms. The van der Waals surface area contributed by atoms with E-state index in [9.17, 15) is 23.2 Å². The number of rotatable bonds is 10. The minimum absolute atomic E-state index is 0.0241. The molecule has 0 bridgehead atoms. The topological polar surface area (TPSA) is 102 Å². The van der Waals surface area contributed by atoms with Crippen molar-refractivity contribution < 1.29 is 22.7 Å². The zero-order valence-electron chi connectivity index (χ0n) is 30.3. The van der Waals surface area contributed by atoms with Crippen LogP contribution in [0.15, 0.2) is 43.0 Å². The highest BCUT2D eigenvalue weighted by Crippen LogP contribution is 2.69. The second-order valence-electron chi connectivity index (χ2n) is 15.3. The number of piperazine rings is 1. The molecule has 2 aromatic heterocycles. The number of pyridine rings is 1. The molecular weight excluding hydrogens is 722 g/mol. The Labute approximate surface area is 316 Å². The summed E-state index contributed by atoms with van der Waals surface area (Å²) >= 11 is 3.58. The molecule has 1 saturated carbocycles. The van der Waals surface area contributed by atoms with Crippen LogP contribution >= 0.6 is 23.5 Å². The van der Waals surface area contributed by atoms with Gasteiger partial charge in [0, 0.05) is 66.3 Å². The van der Waals surface area contributed by atoms with Crippen molar-refractivity contribution in [3.8, 4) is 12.1 Å². The Hall–Kier alpha value is -3.74. The van der Waals surface area contributed by atoms with Gasteiger partial charge in [0.15, 0.2) is 5.83 Å². The number of thioether (sulfide) groups is 2. The van der Waals surface area contributed by atoms with Crippen molar-refractivity contribution in [2.24, 2.45) is 5.92 Å². The largest absolute Gasteiger partial charge is 0.462 e. The molecular formula is C38H43F3N8O2S2. The fourth-order valence-electron chi connectivity index (χ4n) is 8.48. The van der Waals surface area contributed by atoms with Crippen LogP contribution in [0.4, 0.5) is 24.7 Å². The highest BCUT2D eigenvalue weighted by Gasteiger charge is 2.69. The van der Waals surface area contributed by atoms with Gasteiger partial charge in [0.25, 0.3) is 5.91 Å². The lowest BCUT2D eigenvalue weighted by molar-refractivity contribution is -0.131. The summed E-state index contributed by atoms with van der Waals surface area (Å²) in [6, 6.07) is 8.07. The van der Waals surface area contributed by atoms with Crippen LogP contribution in [-0.4, -0.2) is 103 Å². The number of nitriles is 1. The number of benzene rings is 1. The maximum Gasteiger partial charge on any atom is 0.318 e. The third-order valence-corrected chi connectivity index (χ3v) is 15.5. The van der Waals surface area contributed by atoms with Crippen LogP contribution in [0.2, 0.25) is 0 Å². The Bertz CT molecular complexity index is 2020. The van der Waals surface area contributed by atoms with Gasteiger partial charge in [-0.3, -0.25) is 14.7 Å². The second-order valence-corrected chi connectivity index (χ2v) is 18.5. The van der Waals surface area contributed by atoms with E-state index in [-0.39, 0.29) is 58.0 Å². The monoisotopic (exact) mass is 764 g/mol. The fraction of sp³-hybridized carbons (Fsp3) is 0.553. The van der Waals surface area contributed by atoms with Crippen LogP contribution in [-0.2, 0) is 17.8 Å². The zero-order valence-corrected chi connectivity index (χ0v) is 32.0. The zero-order chi connectivity index (χ0) is 37.4. The number of amides is 1. The van der Waals surface area contributed by atoms with Gasteiger partial charge in [-0.25, -0.2) is 13.2 Å². The third-order valence-electron chi connectivity index (χ3n) is 12.0. The van der Waals surface area contributed by atoms with Gasteiger partial charge >= 0.3 is 6.01 Å². The average molecular weight is 765 g/mol. The second kappa shape index (κ2) is 13.2. The smallest absolute Gasteiger partial charge is 0.318 e. The molecule has 3 aromatic rings. The molecule has 1 aromatic carbocycles. The highest BCUT2D eigenvalue weighted by atomic mass is 32.2. The van der Waals surface area contributed by atoms with Gasteiger partial charge in [0.1, 0.15) is 12.4 Å². The summed E-state index contributed by atoms with van der Waals surface area (Å²) in [5, 5.41) is 12.1. The van der Waals surface area contributed by atoms with Crippen molar-refractivity contribution in [1.29, 1.82) is 5.26 Å². The van der Waals surface area contributed by atoms with Crippen molar-refractivity contribution in [1.82, 2.24) is 24.8 Å². The number of carbonyl (C=O) groups is 1. The van der Waals surface area contributed by atoms with Gasteiger partial charge in [-0.2, -0.15) is 15.2 Å². The van der Waals surface area contributed by atoms with Crippen LogP contribution in [0.3, 0.4) is 0 Å². The fourth-order valence-corrected chi connectivity index (χ4v) is 11.2. The molecule has 5 atom stereocenters. The predicted octanol–water partition coefficient (Wildman–Crippen LogP) is 6.33. The molecule has 0 spiro atoms. The molecule has 2 unspecified atom stereocenters. The predicted molar refractivity (Wildman–Crippen MR) is 202 cm³/mol. The van der Waals surface area contributed by atoms with Gasteiger partial charge in [0.05, 0.1) is 58.1 Å². The molecule has 15 heteroatoms. The van der Waals surface area contributed by atoms with E-state index in [1.54, 1.807) is 23.5 Å². The van der Waals surface area contributed by atoms with E-state index >= 15 is 0 Å². The molecule has 4 fully saturated rings. The van der Waals surface area contributed by atoms with Crippen molar-refractivity contribution >= 4 is 51.7 Å². The summed E-state index contributed by atoms with van der Waals surface area (Å²) in [5.74, 6) is -3.64. The summed E-state index contributed by atoms with van der Waals surface area (Å²) in [6.07, 6.45) is 4.42. The third kappa shape index (κ3) is 6.48. The van der Waals surface area contributed by atoms with Crippen molar-refractivity contribution in [2.45, 2.75) is 85.2 Å². The van der Waals surface area contributed by atoms with Crippen molar-refractivity contribution in [3.63, 3.8) is 0 Å². The van der Waals surface area contributed by atoms with E-state index in [0.29, 0.717) is 45.0 Å². The number of nitrogens with zero attached hydrogens (tertiary/aromatic N) is 8. The average Bonchev–Trinajstić information content (AvgIpc) is 4.02. The van der Waals surface area contributed by atoms with Crippen LogP contribution in [0, 0.1) is 24.2 Å². The molecule has 6 heterocycles. The van der Waals surface area contributed by atoms with E-state index in [1.807, 2.05) is 18.5 Å². The molecule has 5 aliphatic rings. The number of alkyl halides is 2. The minimum Gasteiger partial charge on any atom is -0.462 e. The Balaban J connectivity index is 1.04. The molecule has 4 aliphatic heterocycles. The first-order chi connectivity index (χ1) is 25.2. The van der Waals surface area contributed by atoms with Crippen LogP contribution in [0.1, 0.15) is 49.9 Å². The number of aromatic nitrogens is 3. The molecule has 3 saturated heterocycles. The molecule has 0 radical (unpaired) electrons. The molecule has 280 valence electrons. The molecule has 8 rings (SSSR count). The van der Waals surface area contributed by atoms with E-state index in [0.717, 1.165) is 33.3 Å². The van der Waals surface area contributed by atoms with Gasteiger partial charge < -0.3 is 19.4 Å². The van der Waals surface area contributed by atoms with Crippen molar-refractivity contribution in [3.05, 3.63) is 59.8 Å². The lowest BCUT2D eigenvalue weighted by Crippen LogP contribution is -2.55. The number of aryl methyl sites for hydroxylation is 1.